The lowest BCUT2D eigenvalue weighted by Gasteiger charge is -2.27. The molecule has 106 valence electrons. The van der Waals surface area contributed by atoms with Gasteiger partial charge >= 0.3 is 0 Å². The molecule has 1 aliphatic rings. The molecule has 0 heterocycles. The molecule has 0 atom stereocenters. The van der Waals surface area contributed by atoms with Crippen LogP contribution in [0.25, 0.3) is 0 Å². The van der Waals surface area contributed by atoms with Crippen LogP contribution in [-0.4, -0.2) is 34.8 Å². The van der Waals surface area contributed by atoms with Crippen LogP contribution in [0.3, 0.4) is 0 Å². The molecule has 0 spiro atoms. The Bertz CT molecular complexity index is 249. The highest BCUT2D eigenvalue weighted by atomic mass is 16.4. The molecule has 1 rings (SSSR count). The number of rotatable bonds is 7. The van der Waals surface area contributed by atoms with Crippen LogP contribution in [0.4, 0.5) is 0 Å². The summed E-state index contributed by atoms with van der Waals surface area (Å²) in [5, 5.41) is 25.0. The number of hydrogen-bond acceptors (Lipinski definition) is 4. The van der Waals surface area contributed by atoms with E-state index in [9.17, 15) is 5.11 Å². The zero-order valence-electron chi connectivity index (χ0n) is 11.2. The van der Waals surface area contributed by atoms with Gasteiger partial charge in [-0.05, 0) is 32.2 Å². The Hall–Kier alpha value is -0.810. The van der Waals surface area contributed by atoms with E-state index < -0.39 is 5.60 Å². The van der Waals surface area contributed by atoms with Gasteiger partial charge in [0.1, 0.15) is 5.84 Å². The van der Waals surface area contributed by atoms with Crippen LogP contribution >= 0.6 is 0 Å². The molecule has 1 fully saturated rings. The molecule has 18 heavy (non-hydrogen) atoms. The number of hydrogen-bond donors (Lipinski definition) is 4. The lowest BCUT2D eigenvalue weighted by molar-refractivity contribution is 0.0254. The zero-order chi connectivity index (χ0) is 13.3. The molecule has 5 N–H and O–H groups in total. The average molecular weight is 257 g/mol. The molecule has 0 aromatic heterocycles. The maximum absolute atomic E-state index is 10.4. The third kappa shape index (κ3) is 6.21. The van der Waals surface area contributed by atoms with E-state index in [1.807, 2.05) is 0 Å². The summed E-state index contributed by atoms with van der Waals surface area (Å²) in [6.07, 6.45) is 9.14. The van der Waals surface area contributed by atoms with Gasteiger partial charge in [0, 0.05) is 13.0 Å². The normalized spacial score (nSPS) is 20.6. The molecular formula is C13H27N3O2. The first-order valence-corrected chi connectivity index (χ1v) is 7.06. The van der Waals surface area contributed by atoms with Crippen LogP contribution in [0.2, 0.25) is 0 Å². The fourth-order valence-corrected chi connectivity index (χ4v) is 2.49. The van der Waals surface area contributed by atoms with Crippen LogP contribution < -0.4 is 11.1 Å². The third-order valence-corrected chi connectivity index (χ3v) is 3.65. The molecule has 0 saturated heterocycles. The summed E-state index contributed by atoms with van der Waals surface area (Å²) >= 11 is 0. The molecule has 5 heteroatoms. The monoisotopic (exact) mass is 257 g/mol. The van der Waals surface area contributed by atoms with Crippen LogP contribution in [0.15, 0.2) is 5.16 Å². The van der Waals surface area contributed by atoms with E-state index in [0.29, 0.717) is 13.0 Å². The first-order valence-electron chi connectivity index (χ1n) is 7.06. The quantitative estimate of drug-likeness (QED) is 0.139. The van der Waals surface area contributed by atoms with Gasteiger partial charge < -0.3 is 21.4 Å². The van der Waals surface area contributed by atoms with E-state index in [4.69, 9.17) is 10.9 Å². The largest absolute Gasteiger partial charge is 0.409 e. The van der Waals surface area contributed by atoms with E-state index in [1.54, 1.807) is 0 Å². The molecule has 1 aliphatic carbocycles. The number of oxime groups is 1. The minimum Gasteiger partial charge on any atom is -0.409 e. The Balaban J connectivity index is 2.05. The summed E-state index contributed by atoms with van der Waals surface area (Å²) in [5.41, 5.74) is 4.88. The number of nitrogens with two attached hydrogens (primary N) is 1. The summed E-state index contributed by atoms with van der Waals surface area (Å²) in [6, 6.07) is 0. The van der Waals surface area contributed by atoms with Gasteiger partial charge in [-0.3, -0.25) is 0 Å². The summed E-state index contributed by atoms with van der Waals surface area (Å²) in [4.78, 5) is 0. The number of unbranched alkanes of at least 4 members (excludes halogenated alkanes) is 1. The van der Waals surface area contributed by atoms with Crippen LogP contribution in [0.1, 0.15) is 57.8 Å². The molecule has 0 radical (unpaired) electrons. The van der Waals surface area contributed by atoms with Crippen molar-refractivity contribution in [2.24, 2.45) is 10.9 Å². The maximum Gasteiger partial charge on any atom is 0.139 e. The second-order valence-electron chi connectivity index (χ2n) is 5.36. The summed E-state index contributed by atoms with van der Waals surface area (Å²) < 4.78 is 0. The first-order chi connectivity index (χ1) is 8.66. The first kappa shape index (κ1) is 15.2. The van der Waals surface area contributed by atoms with Crippen molar-refractivity contribution in [2.75, 3.05) is 13.1 Å². The summed E-state index contributed by atoms with van der Waals surface area (Å²) in [5.74, 6) is 0.289. The van der Waals surface area contributed by atoms with Crippen LogP contribution in [0, 0.1) is 0 Å². The van der Waals surface area contributed by atoms with Crippen molar-refractivity contribution >= 4 is 5.84 Å². The van der Waals surface area contributed by atoms with E-state index in [-0.39, 0.29) is 5.84 Å². The van der Waals surface area contributed by atoms with Gasteiger partial charge in [0.2, 0.25) is 0 Å². The number of nitrogens with one attached hydrogen (secondary N) is 1. The maximum atomic E-state index is 10.4. The van der Waals surface area contributed by atoms with Crippen molar-refractivity contribution in [3.8, 4) is 0 Å². The Morgan fingerprint density at radius 3 is 2.44 bits per heavy atom. The van der Waals surface area contributed by atoms with Gasteiger partial charge in [-0.25, -0.2) is 0 Å². The molecule has 1 saturated carbocycles. The Kier molecular flexibility index (Phi) is 7.05. The van der Waals surface area contributed by atoms with Gasteiger partial charge in [0.25, 0.3) is 0 Å². The topological polar surface area (TPSA) is 90.9 Å². The minimum atomic E-state index is -0.498. The fourth-order valence-electron chi connectivity index (χ4n) is 2.49. The van der Waals surface area contributed by atoms with Crippen LogP contribution in [-0.2, 0) is 0 Å². The van der Waals surface area contributed by atoms with Crippen molar-refractivity contribution < 1.29 is 10.3 Å². The Labute approximate surface area is 109 Å². The van der Waals surface area contributed by atoms with Crippen molar-refractivity contribution in [3.05, 3.63) is 0 Å². The highest BCUT2D eigenvalue weighted by Crippen LogP contribution is 2.26. The van der Waals surface area contributed by atoms with Crippen LogP contribution in [0.5, 0.6) is 0 Å². The standard InChI is InChI=1S/C13H27N3O2/c14-12(16-18)7-3-6-10-15-11-13(17)8-4-1-2-5-9-13/h15,17-18H,1-11H2,(H2,14,16). The molecule has 0 aliphatic heterocycles. The highest BCUT2D eigenvalue weighted by molar-refractivity contribution is 5.79. The summed E-state index contributed by atoms with van der Waals surface area (Å²) in [6.45, 7) is 1.57. The van der Waals surface area contributed by atoms with Gasteiger partial charge in [-0.15, -0.1) is 0 Å². The second-order valence-corrected chi connectivity index (χ2v) is 5.36. The van der Waals surface area contributed by atoms with E-state index in [0.717, 1.165) is 45.1 Å². The molecule has 0 amide bonds. The minimum absolute atomic E-state index is 0.289. The van der Waals surface area contributed by atoms with Crippen molar-refractivity contribution in [1.29, 1.82) is 0 Å². The van der Waals surface area contributed by atoms with E-state index in [2.05, 4.69) is 10.5 Å². The zero-order valence-corrected chi connectivity index (χ0v) is 11.2. The van der Waals surface area contributed by atoms with Crippen molar-refractivity contribution in [3.63, 3.8) is 0 Å². The predicted molar refractivity (Wildman–Crippen MR) is 72.8 cm³/mol. The average Bonchev–Trinajstić information content (AvgIpc) is 2.58. The SMILES string of the molecule is NC(CCCCNCC1(O)CCCCCC1)=NO. The van der Waals surface area contributed by atoms with E-state index >= 15 is 0 Å². The number of aliphatic hydroxyl groups is 1. The second kappa shape index (κ2) is 8.32. The molecule has 0 aromatic rings. The molecule has 0 bridgehead atoms. The number of amidine groups is 1. The molecule has 0 unspecified atom stereocenters. The van der Waals surface area contributed by atoms with Gasteiger partial charge in [-0.2, -0.15) is 0 Å². The highest BCUT2D eigenvalue weighted by Gasteiger charge is 2.26. The lowest BCUT2D eigenvalue weighted by Crippen LogP contribution is -2.40. The van der Waals surface area contributed by atoms with Gasteiger partial charge in [0.05, 0.1) is 5.60 Å². The lowest BCUT2D eigenvalue weighted by atomic mass is 9.94. The fraction of sp³-hybridized carbons (Fsp3) is 0.923. The predicted octanol–water partition coefficient (Wildman–Crippen LogP) is 1.58. The van der Waals surface area contributed by atoms with E-state index in [1.165, 1.54) is 12.8 Å². The Morgan fingerprint density at radius 1 is 1.17 bits per heavy atom. The molecular weight excluding hydrogens is 230 g/mol. The smallest absolute Gasteiger partial charge is 0.139 e. The van der Waals surface area contributed by atoms with Gasteiger partial charge in [0.15, 0.2) is 0 Å². The molecule has 5 nitrogen and oxygen atoms in total. The molecule has 0 aromatic carbocycles. The Morgan fingerprint density at radius 2 is 1.83 bits per heavy atom. The van der Waals surface area contributed by atoms with Crippen molar-refractivity contribution in [1.82, 2.24) is 5.32 Å². The number of nitrogens with zero attached hydrogens (tertiary/aromatic N) is 1. The van der Waals surface area contributed by atoms with Gasteiger partial charge in [-0.1, -0.05) is 30.8 Å². The van der Waals surface area contributed by atoms with Crippen molar-refractivity contribution in [2.45, 2.75) is 63.4 Å². The third-order valence-electron chi connectivity index (χ3n) is 3.65. The summed E-state index contributed by atoms with van der Waals surface area (Å²) in [7, 11) is 0.